The molecule has 13 heavy (non-hydrogen) atoms. The van der Waals surface area contributed by atoms with E-state index in [1.54, 1.807) is 29.2 Å². The number of halogens is 1. The minimum Gasteiger partial charge on any atom is -0.508 e. The van der Waals surface area contributed by atoms with Crippen molar-refractivity contribution in [1.82, 2.24) is 9.78 Å². The van der Waals surface area contributed by atoms with E-state index in [1.165, 1.54) is 6.07 Å². The van der Waals surface area contributed by atoms with E-state index < -0.39 is 0 Å². The van der Waals surface area contributed by atoms with Gasteiger partial charge >= 0.3 is 0 Å². The highest BCUT2D eigenvalue weighted by atomic mass is 35.5. The van der Waals surface area contributed by atoms with Gasteiger partial charge in [-0.15, -0.1) is 0 Å². The molecule has 0 spiro atoms. The first-order valence-electron chi connectivity index (χ1n) is 3.76. The number of rotatable bonds is 1. The molecule has 0 amide bonds. The molecule has 1 heterocycles. The zero-order valence-electron chi connectivity index (χ0n) is 6.68. The van der Waals surface area contributed by atoms with Gasteiger partial charge in [-0.3, -0.25) is 0 Å². The van der Waals surface area contributed by atoms with Gasteiger partial charge in [-0.1, -0.05) is 11.6 Å². The highest BCUT2D eigenvalue weighted by Gasteiger charge is 2.02. The van der Waals surface area contributed by atoms with Crippen LogP contribution in [0.4, 0.5) is 0 Å². The number of phenolic OH excluding ortho intramolecular Hbond substituents is 1. The van der Waals surface area contributed by atoms with Gasteiger partial charge in [0.15, 0.2) is 0 Å². The lowest BCUT2D eigenvalue weighted by atomic mass is 10.3. The SMILES string of the molecule is Oc1ccc(-n2cccn2)c(Cl)c1. The van der Waals surface area contributed by atoms with E-state index in [2.05, 4.69) is 5.10 Å². The third-order valence-electron chi connectivity index (χ3n) is 1.68. The van der Waals surface area contributed by atoms with E-state index in [9.17, 15) is 0 Å². The molecule has 0 atom stereocenters. The highest BCUT2D eigenvalue weighted by molar-refractivity contribution is 6.32. The van der Waals surface area contributed by atoms with Gasteiger partial charge in [-0.05, 0) is 18.2 Å². The van der Waals surface area contributed by atoms with Gasteiger partial charge in [-0.25, -0.2) is 4.68 Å². The van der Waals surface area contributed by atoms with Crippen molar-refractivity contribution < 1.29 is 5.11 Å². The highest BCUT2D eigenvalue weighted by Crippen LogP contribution is 2.23. The summed E-state index contributed by atoms with van der Waals surface area (Å²) in [7, 11) is 0. The molecule has 0 fully saturated rings. The third kappa shape index (κ3) is 1.51. The summed E-state index contributed by atoms with van der Waals surface area (Å²) in [5.41, 5.74) is 0.754. The standard InChI is InChI=1S/C9H7ClN2O/c10-8-6-7(13)2-3-9(8)12-5-1-4-11-12/h1-6,13H. The number of aromatic hydroxyl groups is 1. The van der Waals surface area contributed by atoms with Crippen LogP contribution in [0.15, 0.2) is 36.7 Å². The van der Waals surface area contributed by atoms with Gasteiger partial charge in [0.2, 0.25) is 0 Å². The summed E-state index contributed by atoms with van der Waals surface area (Å²) in [5.74, 6) is 0.154. The molecule has 0 aliphatic rings. The van der Waals surface area contributed by atoms with Crippen molar-refractivity contribution in [2.24, 2.45) is 0 Å². The first-order valence-corrected chi connectivity index (χ1v) is 4.14. The molecule has 1 aromatic heterocycles. The topological polar surface area (TPSA) is 38.0 Å². The van der Waals surface area contributed by atoms with Gasteiger partial charge in [0.25, 0.3) is 0 Å². The molecule has 0 aliphatic carbocycles. The number of phenols is 1. The zero-order valence-corrected chi connectivity index (χ0v) is 7.44. The van der Waals surface area contributed by atoms with Crippen LogP contribution >= 0.6 is 11.6 Å². The maximum atomic E-state index is 9.12. The summed E-state index contributed by atoms with van der Waals surface area (Å²) in [6.07, 6.45) is 3.46. The molecule has 66 valence electrons. The van der Waals surface area contributed by atoms with Gasteiger partial charge in [0.1, 0.15) is 5.75 Å². The van der Waals surface area contributed by atoms with E-state index >= 15 is 0 Å². The Morgan fingerprint density at radius 2 is 2.23 bits per heavy atom. The smallest absolute Gasteiger partial charge is 0.117 e. The van der Waals surface area contributed by atoms with E-state index in [0.29, 0.717) is 5.02 Å². The summed E-state index contributed by atoms with van der Waals surface area (Å²) < 4.78 is 1.64. The van der Waals surface area contributed by atoms with Crippen LogP contribution in [-0.2, 0) is 0 Å². The molecule has 0 unspecified atom stereocenters. The van der Waals surface area contributed by atoms with Crippen molar-refractivity contribution in [3.8, 4) is 11.4 Å². The Morgan fingerprint density at radius 1 is 1.38 bits per heavy atom. The van der Waals surface area contributed by atoms with Crippen LogP contribution in [0, 0.1) is 0 Å². The molecule has 0 saturated heterocycles. The molecule has 1 aromatic carbocycles. The van der Waals surface area contributed by atoms with E-state index in [1.807, 2.05) is 6.07 Å². The van der Waals surface area contributed by atoms with Crippen molar-refractivity contribution >= 4 is 11.6 Å². The lowest BCUT2D eigenvalue weighted by Crippen LogP contribution is -1.94. The average molecular weight is 195 g/mol. The van der Waals surface area contributed by atoms with Crippen LogP contribution in [0.2, 0.25) is 5.02 Å². The van der Waals surface area contributed by atoms with Crippen LogP contribution in [0.3, 0.4) is 0 Å². The largest absolute Gasteiger partial charge is 0.508 e. The number of nitrogens with zero attached hydrogens (tertiary/aromatic N) is 2. The van der Waals surface area contributed by atoms with Crippen molar-refractivity contribution in [2.45, 2.75) is 0 Å². The summed E-state index contributed by atoms with van der Waals surface area (Å²) in [6.45, 7) is 0. The molecular weight excluding hydrogens is 188 g/mol. The predicted octanol–water partition coefficient (Wildman–Crippen LogP) is 2.23. The van der Waals surface area contributed by atoms with E-state index in [0.717, 1.165) is 5.69 Å². The molecule has 4 heteroatoms. The lowest BCUT2D eigenvalue weighted by molar-refractivity contribution is 0.475. The molecule has 0 aliphatic heterocycles. The van der Waals surface area contributed by atoms with Crippen LogP contribution in [-0.4, -0.2) is 14.9 Å². The Bertz CT molecular complexity index is 412. The number of benzene rings is 1. The minimum atomic E-state index is 0.154. The minimum absolute atomic E-state index is 0.154. The fraction of sp³-hybridized carbons (Fsp3) is 0. The molecule has 0 bridgehead atoms. The molecular formula is C9H7ClN2O. The summed E-state index contributed by atoms with van der Waals surface area (Å²) in [6, 6.07) is 6.58. The Hall–Kier alpha value is -1.48. The van der Waals surface area contributed by atoms with E-state index in [4.69, 9.17) is 16.7 Å². The molecule has 2 aromatic rings. The van der Waals surface area contributed by atoms with Crippen molar-refractivity contribution in [3.63, 3.8) is 0 Å². The van der Waals surface area contributed by atoms with Crippen LogP contribution in [0.25, 0.3) is 5.69 Å². The first kappa shape index (κ1) is 8.13. The number of hydrogen-bond donors (Lipinski definition) is 1. The zero-order chi connectivity index (χ0) is 9.26. The van der Waals surface area contributed by atoms with Gasteiger partial charge < -0.3 is 5.11 Å². The monoisotopic (exact) mass is 194 g/mol. The van der Waals surface area contributed by atoms with Gasteiger partial charge in [0, 0.05) is 18.5 Å². The van der Waals surface area contributed by atoms with Gasteiger partial charge in [-0.2, -0.15) is 5.10 Å². The molecule has 1 N–H and O–H groups in total. The Morgan fingerprint density at radius 3 is 2.85 bits per heavy atom. The second-order valence-corrected chi connectivity index (χ2v) is 2.99. The summed E-state index contributed by atoms with van der Waals surface area (Å²) >= 11 is 5.90. The molecule has 3 nitrogen and oxygen atoms in total. The summed E-state index contributed by atoms with van der Waals surface area (Å²) in [5, 5.41) is 13.6. The fourth-order valence-electron chi connectivity index (χ4n) is 1.09. The molecule has 0 radical (unpaired) electrons. The predicted molar refractivity (Wildman–Crippen MR) is 50.2 cm³/mol. The Labute approximate surface area is 80.2 Å². The fourth-order valence-corrected chi connectivity index (χ4v) is 1.35. The second kappa shape index (κ2) is 3.11. The van der Waals surface area contributed by atoms with Crippen LogP contribution in [0.1, 0.15) is 0 Å². The van der Waals surface area contributed by atoms with Crippen molar-refractivity contribution in [1.29, 1.82) is 0 Å². The maximum Gasteiger partial charge on any atom is 0.117 e. The molecule has 2 rings (SSSR count). The van der Waals surface area contributed by atoms with Crippen LogP contribution < -0.4 is 0 Å². The van der Waals surface area contributed by atoms with Crippen LogP contribution in [0.5, 0.6) is 5.75 Å². The van der Waals surface area contributed by atoms with Gasteiger partial charge in [0.05, 0.1) is 10.7 Å². The number of hydrogen-bond acceptors (Lipinski definition) is 2. The lowest BCUT2D eigenvalue weighted by Gasteiger charge is -2.03. The average Bonchev–Trinajstić information content (AvgIpc) is 2.56. The number of aromatic nitrogens is 2. The quantitative estimate of drug-likeness (QED) is 0.756. The normalized spacial score (nSPS) is 10.2. The Kier molecular flexibility index (Phi) is 1.94. The summed E-state index contributed by atoms with van der Waals surface area (Å²) in [4.78, 5) is 0. The first-order chi connectivity index (χ1) is 6.27. The molecule has 0 saturated carbocycles. The van der Waals surface area contributed by atoms with E-state index in [-0.39, 0.29) is 5.75 Å². The van der Waals surface area contributed by atoms with Crippen molar-refractivity contribution in [3.05, 3.63) is 41.7 Å². The second-order valence-electron chi connectivity index (χ2n) is 2.59. The maximum absolute atomic E-state index is 9.12. The van der Waals surface area contributed by atoms with Crippen molar-refractivity contribution in [2.75, 3.05) is 0 Å². The Balaban J connectivity index is 2.53. The third-order valence-corrected chi connectivity index (χ3v) is 1.99.